The Morgan fingerprint density at radius 2 is 1.92 bits per heavy atom. The molecule has 0 unspecified atom stereocenters. The lowest BCUT2D eigenvalue weighted by Gasteiger charge is -2.30. The first-order valence-corrected chi connectivity index (χ1v) is 8.51. The van der Waals surface area contributed by atoms with E-state index >= 15 is 0 Å². The molecule has 6 heteroatoms. The molecule has 132 valence electrons. The molecule has 0 saturated carbocycles. The topological polar surface area (TPSA) is 75.2 Å². The number of aromatic nitrogens is 2. The Morgan fingerprint density at radius 3 is 2.60 bits per heavy atom. The lowest BCUT2D eigenvalue weighted by Crippen LogP contribution is -2.41. The molecular formula is C19H23N3O3. The zero-order chi connectivity index (χ0) is 18.3. The van der Waals surface area contributed by atoms with Crippen molar-refractivity contribution in [2.75, 3.05) is 6.54 Å². The Hall–Kier alpha value is -2.63. The van der Waals surface area contributed by atoms with E-state index in [0.717, 1.165) is 17.5 Å². The lowest BCUT2D eigenvalue weighted by atomic mass is 9.93. The standard InChI is InChI=1S/C19H23N3O3/c1-11(2)22-10-16(17(23)20-19(22)25)18(24)21-6-5-14-8-12(3)7-13(4)15(14)9-21/h7-8,10-11H,5-6,9H2,1-4H3,(H,20,23,25). The molecule has 25 heavy (non-hydrogen) atoms. The smallest absolute Gasteiger partial charge is 0.328 e. The summed E-state index contributed by atoms with van der Waals surface area (Å²) in [6, 6.07) is 4.14. The van der Waals surface area contributed by atoms with Gasteiger partial charge in [-0.2, -0.15) is 0 Å². The molecule has 0 saturated heterocycles. The molecule has 0 aliphatic carbocycles. The fourth-order valence-electron chi connectivity index (χ4n) is 3.43. The lowest BCUT2D eigenvalue weighted by molar-refractivity contribution is 0.0731. The van der Waals surface area contributed by atoms with Gasteiger partial charge in [-0.3, -0.25) is 19.1 Å². The summed E-state index contributed by atoms with van der Waals surface area (Å²) in [5.74, 6) is -0.332. The number of benzene rings is 1. The number of hydrogen-bond acceptors (Lipinski definition) is 3. The molecule has 1 aliphatic heterocycles. The molecule has 1 N–H and O–H groups in total. The number of H-pyrrole nitrogens is 1. The predicted molar refractivity (Wildman–Crippen MR) is 96.1 cm³/mol. The first-order chi connectivity index (χ1) is 11.8. The molecule has 2 aromatic rings. The van der Waals surface area contributed by atoms with Gasteiger partial charge in [-0.25, -0.2) is 4.79 Å². The number of carbonyl (C=O) groups excluding carboxylic acids is 1. The van der Waals surface area contributed by atoms with Crippen molar-refractivity contribution in [2.45, 2.75) is 46.7 Å². The number of rotatable bonds is 2. The van der Waals surface area contributed by atoms with Gasteiger partial charge in [0, 0.05) is 25.3 Å². The summed E-state index contributed by atoms with van der Waals surface area (Å²) in [6.07, 6.45) is 2.15. The van der Waals surface area contributed by atoms with Gasteiger partial charge in [0.1, 0.15) is 5.56 Å². The second-order valence-corrected chi connectivity index (χ2v) is 7.00. The minimum atomic E-state index is -0.627. The van der Waals surface area contributed by atoms with Gasteiger partial charge in [0.05, 0.1) is 0 Å². The molecule has 0 atom stereocenters. The number of aryl methyl sites for hydroxylation is 2. The van der Waals surface area contributed by atoms with E-state index in [1.54, 1.807) is 4.90 Å². The molecule has 0 bridgehead atoms. The molecule has 1 amide bonds. The van der Waals surface area contributed by atoms with Crippen LogP contribution >= 0.6 is 0 Å². The second-order valence-electron chi connectivity index (χ2n) is 7.00. The van der Waals surface area contributed by atoms with E-state index in [0.29, 0.717) is 13.1 Å². The maximum atomic E-state index is 12.9. The molecule has 2 heterocycles. The van der Waals surface area contributed by atoms with Crippen LogP contribution in [0.3, 0.4) is 0 Å². The highest BCUT2D eigenvalue weighted by Crippen LogP contribution is 2.24. The zero-order valence-electron chi connectivity index (χ0n) is 15.0. The van der Waals surface area contributed by atoms with E-state index in [4.69, 9.17) is 0 Å². The second kappa shape index (κ2) is 6.35. The van der Waals surface area contributed by atoms with Crippen molar-refractivity contribution in [3.63, 3.8) is 0 Å². The van der Waals surface area contributed by atoms with E-state index in [1.807, 2.05) is 20.8 Å². The third-order valence-electron chi connectivity index (χ3n) is 4.75. The van der Waals surface area contributed by atoms with Gasteiger partial charge in [0.25, 0.3) is 11.5 Å². The van der Waals surface area contributed by atoms with Crippen LogP contribution in [0.5, 0.6) is 0 Å². The molecule has 1 aromatic carbocycles. The number of fused-ring (bicyclic) bond motifs is 1. The normalized spacial score (nSPS) is 13.9. The van der Waals surface area contributed by atoms with Gasteiger partial charge in [-0.15, -0.1) is 0 Å². The Morgan fingerprint density at radius 1 is 1.20 bits per heavy atom. The molecule has 6 nitrogen and oxygen atoms in total. The van der Waals surface area contributed by atoms with Crippen LogP contribution in [0.1, 0.15) is 52.5 Å². The summed E-state index contributed by atoms with van der Waals surface area (Å²) in [4.78, 5) is 40.8. The summed E-state index contributed by atoms with van der Waals surface area (Å²) in [5.41, 5.74) is 3.69. The zero-order valence-corrected chi connectivity index (χ0v) is 15.0. The van der Waals surface area contributed by atoms with E-state index in [9.17, 15) is 14.4 Å². The fraction of sp³-hybridized carbons (Fsp3) is 0.421. The number of aromatic amines is 1. The summed E-state index contributed by atoms with van der Waals surface area (Å²) >= 11 is 0. The van der Waals surface area contributed by atoms with Crippen LogP contribution in [0.25, 0.3) is 0 Å². The molecule has 3 rings (SSSR count). The molecule has 1 aromatic heterocycles. The Bertz CT molecular complexity index is 953. The molecular weight excluding hydrogens is 318 g/mol. The highest BCUT2D eigenvalue weighted by Gasteiger charge is 2.25. The Labute approximate surface area is 146 Å². The third-order valence-corrected chi connectivity index (χ3v) is 4.75. The van der Waals surface area contributed by atoms with Gasteiger partial charge in [-0.1, -0.05) is 17.7 Å². The van der Waals surface area contributed by atoms with Crippen LogP contribution < -0.4 is 11.2 Å². The molecule has 0 fully saturated rings. The fourth-order valence-corrected chi connectivity index (χ4v) is 3.43. The van der Waals surface area contributed by atoms with Gasteiger partial charge >= 0.3 is 5.69 Å². The Kier molecular flexibility index (Phi) is 4.37. The number of carbonyl (C=O) groups is 1. The minimum absolute atomic E-state index is 0.0153. The van der Waals surface area contributed by atoms with Crippen LogP contribution in [0, 0.1) is 13.8 Å². The number of nitrogens with zero attached hydrogens (tertiary/aromatic N) is 2. The van der Waals surface area contributed by atoms with E-state index < -0.39 is 11.2 Å². The first kappa shape index (κ1) is 17.2. The van der Waals surface area contributed by atoms with Crippen LogP contribution in [-0.4, -0.2) is 26.9 Å². The monoisotopic (exact) mass is 341 g/mol. The van der Waals surface area contributed by atoms with Crippen molar-refractivity contribution < 1.29 is 4.79 Å². The van der Waals surface area contributed by atoms with Crippen LogP contribution in [0.4, 0.5) is 0 Å². The van der Waals surface area contributed by atoms with E-state index in [-0.39, 0.29) is 17.5 Å². The van der Waals surface area contributed by atoms with Gasteiger partial charge in [0.2, 0.25) is 0 Å². The number of amides is 1. The molecule has 1 aliphatic rings. The maximum absolute atomic E-state index is 12.9. The van der Waals surface area contributed by atoms with E-state index in [1.165, 1.54) is 21.9 Å². The van der Waals surface area contributed by atoms with Crippen molar-refractivity contribution in [1.29, 1.82) is 0 Å². The van der Waals surface area contributed by atoms with Crippen molar-refractivity contribution in [2.24, 2.45) is 0 Å². The average Bonchev–Trinajstić information content (AvgIpc) is 2.53. The third kappa shape index (κ3) is 3.16. The maximum Gasteiger partial charge on any atom is 0.328 e. The first-order valence-electron chi connectivity index (χ1n) is 8.51. The number of nitrogens with one attached hydrogen (secondary N) is 1. The predicted octanol–water partition coefficient (Wildman–Crippen LogP) is 1.93. The van der Waals surface area contributed by atoms with E-state index in [2.05, 4.69) is 24.0 Å². The van der Waals surface area contributed by atoms with Crippen LogP contribution in [0.15, 0.2) is 27.9 Å². The van der Waals surface area contributed by atoms with Crippen LogP contribution in [0.2, 0.25) is 0 Å². The highest BCUT2D eigenvalue weighted by atomic mass is 16.2. The Balaban J connectivity index is 1.96. The van der Waals surface area contributed by atoms with Crippen molar-refractivity contribution in [3.05, 3.63) is 67.0 Å². The van der Waals surface area contributed by atoms with Crippen molar-refractivity contribution in [3.8, 4) is 0 Å². The van der Waals surface area contributed by atoms with Crippen LogP contribution in [-0.2, 0) is 13.0 Å². The summed E-state index contributed by atoms with van der Waals surface area (Å²) in [7, 11) is 0. The largest absolute Gasteiger partial charge is 0.334 e. The van der Waals surface area contributed by atoms with Crippen molar-refractivity contribution >= 4 is 5.91 Å². The molecule has 0 radical (unpaired) electrons. The highest BCUT2D eigenvalue weighted by molar-refractivity contribution is 5.93. The SMILES string of the molecule is Cc1cc(C)c2c(c1)CCN(C(=O)c1cn(C(C)C)c(=O)[nH]c1=O)C2. The molecule has 0 spiro atoms. The van der Waals surface area contributed by atoms with Gasteiger partial charge in [0.15, 0.2) is 0 Å². The summed E-state index contributed by atoms with van der Waals surface area (Å²) in [5, 5.41) is 0. The quantitative estimate of drug-likeness (QED) is 0.907. The van der Waals surface area contributed by atoms with Gasteiger partial charge < -0.3 is 4.90 Å². The minimum Gasteiger partial charge on any atom is -0.334 e. The number of hydrogen-bond donors (Lipinski definition) is 1. The summed E-state index contributed by atoms with van der Waals surface area (Å²) in [6.45, 7) is 8.83. The average molecular weight is 341 g/mol. The van der Waals surface area contributed by atoms with Crippen molar-refractivity contribution in [1.82, 2.24) is 14.5 Å². The summed E-state index contributed by atoms with van der Waals surface area (Å²) < 4.78 is 1.38. The van der Waals surface area contributed by atoms with Gasteiger partial charge in [-0.05, 0) is 50.8 Å².